The first-order valence-corrected chi connectivity index (χ1v) is 11.0. The van der Waals surface area contributed by atoms with E-state index in [1.54, 1.807) is 0 Å². The van der Waals surface area contributed by atoms with Gasteiger partial charge in [-0.05, 0) is 0 Å². The van der Waals surface area contributed by atoms with Crippen molar-refractivity contribution in [3.05, 3.63) is 0 Å². The number of rotatable bonds is 22. The smallest absolute Gasteiger partial charge is 1.00 e. The molecular formula is C20H38N4Na6O16. The van der Waals surface area contributed by atoms with Crippen LogP contribution in [-0.2, 0) is 38.4 Å². The molecule has 20 nitrogen and oxygen atoms in total. The summed E-state index contributed by atoms with van der Waals surface area (Å²) < 4.78 is 0. The molecule has 0 amide bonds. The summed E-state index contributed by atoms with van der Waals surface area (Å²) in [7, 11) is 0. The van der Waals surface area contributed by atoms with Gasteiger partial charge in [0.2, 0.25) is 0 Å². The maximum Gasteiger partial charge on any atom is 1.00 e. The Labute approximate surface area is 405 Å². The third-order valence-electron chi connectivity index (χ3n) is 4.34. The fourth-order valence-corrected chi connectivity index (χ4v) is 2.95. The molecule has 0 heterocycles. The van der Waals surface area contributed by atoms with E-state index in [1.165, 1.54) is 0 Å². The van der Waals surface area contributed by atoms with Gasteiger partial charge in [-0.2, -0.15) is 0 Å². The number of carboxylic acids is 8. The van der Waals surface area contributed by atoms with Gasteiger partial charge in [-0.1, -0.05) is 0 Å². The van der Waals surface area contributed by atoms with Crippen LogP contribution in [0.1, 0.15) is 8.56 Å². The normalized spacial score (nSPS) is 9.30. The van der Waals surface area contributed by atoms with Crippen LogP contribution in [0.4, 0.5) is 0 Å². The van der Waals surface area contributed by atoms with Crippen molar-refractivity contribution >= 4 is 47.8 Å². The first-order valence-electron chi connectivity index (χ1n) is 11.0. The van der Waals surface area contributed by atoms with Gasteiger partial charge >= 0.3 is 225 Å². The summed E-state index contributed by atoms with van der Waals surface area (Å²) in [6, 6.07) is 0. The summed E-state index contributed by atoms with van der Waals surface area (Å²) in [5.41, 5.74) is 0. The third-order valence-corrected chi connectivity index (χ3v) is 4.34. The summed E-state index contributed by atoms with van der Waals surface area (Å²) in [6.45, 7) is -4.50. The van der Waals surface area contributed by atoms with E-state index in [1.807, 2.05) is 0 Å². The van der Waals surface area contributed by atoms with Crippen LogP contribution < -0.4 is 177 Å². The van der Waals surface area contributed by atoms with E-state index in [4.69, 9.17) is 40.9 Å². The molecule has 240 valence electrons. The molecule has 0 bridgehead atoms. The van der Waals surface area contributed by atoms with Crippen molar-refractivity contribution in [3.8, 4) is 0 Å². The average molecular weight is 728 g/mol. The predicted molar refractivity (Wildman–Crippen MR) is 134 cm³/mol. The molecule has 0 radical (unpaired) electrons. The average Bonchev–Trinajstić information content (AvgIpc) is 2.72. The standard InChI is InChI=1S/2C10H16N2O8.6Na.6H/c2*13-7(14)3-11(4-8(15)16)1-2-12(5-9(17)18)6-10(19)20;;;;;;;;;;;;/h2*1-6H2,(H,13,14)(H,15,16)(H,17,18)(H,19,20);;;;;;;;;;;;/q;;6*+1;6*-1. The quantitative estimate of drug-likeness (QED) is 0.0480. The first-order chi connectivity index (χ1) is 18.4. The van der Waals surface area contributed by atoms with Gasteiger partial charge in [-0.25, -0.2) is 0 Å². The molecule has 0 aliphatic rings. The molecule has 0 unspecified atom stereocenters. The van der Waals surface area contributed by atoms with E-state index < -0.39 is 100 Å². The molecule has 0 aliphatic heterocycles. The molecule has 0 aromatic rings. The van der Waals surface area contributed by atoms with E-state index in [0.717, 1.165) is 19.6 Å². The Morgan fingerprint density at radius 2 is 0.370 bits per heavy atom. The van der Waals surface area contributed by atoms with Crippen LogP contribution in [0.3, 0.4) is 0 Å². The molecule has 0 fully saturated rings. The van der Waals surface area contributed by atoms with Gasteiger partial charge in [0.25, 0.3) is 0 Å². The Hall–Kier alpha value is 1.60. The molecule has 0 atom stereocenters. The van der Waals surface area contributed by atoms with E-state index in [-0.39, 0.29) is 212 Å². The summed E-state index contributed by atoms with van der Waals surface area (Å²) in [5.74, 6) is -9.82. The van der Waals surface area contributed by atoms with E-state index in [0.29, 0.717) is 0 Å². The molecule has 46 heavy (non-hydrogen) atoms. The second-order valence-electron chi connectivity index (χ2n) is 7.99. The van der Waals surface area contributed by atoms with Crippen LogP contribution in [0.15, 0.2) is 0 Å². The molecular weight excluding hydrogens is 690 g/mol. The zero-order chi connectivity index (χ0) is 31.4. The maximum absolute atomic E-state index is 10.6. The number of hydrogen-bond donors (Lipinski definition) is 8. The van der Waals surface area contributed by atoms with Crippen LogP contribution in [-0.4, -0.2) is 187 Å². The Morgan fingerprint density at radius 3 is 0.435 bits per heavy atom. The molecule has 0 aromatic heterocycles. The zero-order valence-electron chi connectivity index (χ0n) is 33.1. The van der Waals surface area contributed by atoms with Gasteiger partial charge in [0, 0.05) is 26.2 Å². The molecule has 26 heteroatoms. The fraction of sp³-hybridized carbons (Fsp3) is 0.600. The van der Waals surface area contributed by atoms with Crippen LogP contribution in [0.2, 0.25) is 0 Å². The molecule has 0 aromatic carbocycles. The Bertz CT molecular complexity index is 755. The number of nitrogens with zero attached hydrogens (tertiary/aromatic N) is 4. The van der Waals surface area contributed by atoms with E-state index in [9.17, 15) is 38.4 Å². The van der Waals surface area contributed by atoms with Crippen molar-refractivity contribution in [2.75, 3.05) is 78.5 Å². The molecule has 0 aliphatic carbocycles. The molecule has 0 spiro atoms. The second kappa shape index (κ2) is 39.4. The molecule has 8 N–H and O–H groups in total. The number of carbonyl (C=O) groups is 8. The minimum absolute atomic E-state index is 0. The number of aliphatic carboxylic acids is 8. The fourth-order valence-electron chi connectivity index (χ4n) is 2.95. The van der Waals surface area contributed by atoms with Crippen LogP contribution in [0.5, 0.6) is 0 Å². The summed E-state index contributed by atoms with van der Waals surface area (Å²) in [6.07, 6.45) is 0. The van der Waals surface area contributed by atoms with Gasteiger partial charge < -0.3 is 49.4 Å². The maximum atomic E-state index is 10.6. The number of carboxylic acid groups (broad SMARTS) is 8. The Balaban J connectivity index is -0.0000000376. The van der Waals surface area contributed by atoms with Crippen molar-refractivity contribution in [1.82, 2.24) is 19.6 Å². The SMILES string of the molecule is O=C(O)CN(CCN(CC(=O)O)CC(=O)O)CC(=O)O.O=C(O)CN(CCN(CC(=O)O)CC(=O)O)CC(=O)O.[H-].[H-].[H-].[H-].[H-].[H-].[Na+].[Na+].[Na+].[Na+].[Na+].[Na+]. The van der Waals surface area contributed by atoms with Crippen molar-refractivity contribution in [1.29, 1.82) is 0 Å². The first kappa shape index (κ1) is 65.9. The van der Waals surface area contributed by atoms with Gasteiger partial charge in [0.15, 0.2) is 0 Å². The topological polar surface area (TPSA) is 311 Å². The van der Waals surface area contributed by atoms with Crippen LogP contribution in [0, 0.1) is 0 Å². The molecule has 0 rings (SSSR count). The van der Waals surface area contributed by atoms with Crippen molar-refractivity contribution in [2.45, 2.75) is 0 Å². The summed E-state index contributed by atoms with van der Waals surface area (Å²) >= 11 is 0. The minimum Gasteiger partial charge on any atom is -1.00 e. The van der Waals surface area contributed by atoms with Gasteiger partial charge in [-0.15, -0.1) is 0 Å². The van der Waals surface area contributed by atoms with E-state index in [2.05, 4.69) is 0 Å². The van der Waals surface area contributed by atoms with Crippen LogP contribution in [0.25, 0.3) is 0 Å². The van der Waals surface area contributed by atoms with Gasteiger partial charge in [0.05, 0.1) is 52.4 Å². The minimum atomic E-state index is -1.23. The number of hydrogen-bond acceptors (Lipinski definition) is 12. The van der Waals surface area contributed by atoms with Crippen molar-refractivity contribution in [2.24, 2.45) is 0 Å². The summed E-state index contributed by atoms with van der Waals surface area (Å²) in [5, 5.41) is 68.9. The predicted octanol–water partition coefficient (Wildman–Crippen LogP) is -21.4. The summed E-state index contributed by atoms with van der Waals surface area (Å²) in [4.78, 5) is 88.7. The zero-order valence-corrected chi connectivity index (χ0v) is 39.1. The monoisotopic (exact) mass is 728 g/mol. The molecule has 0 saturated heterocycles. The Morgan fingerprint density at radius 1 is 0.283 bits per heavy atom. The van der Waals surface area contributed by atoms with Gasteiger partial charge in [-0.3, -0.25) is 58.0 Å². The van der Waals surface area contributed by atoms with Gasteiger partial charge in [0.1, 0.15) is 0 Å². The Kier molecular flexibility index (Phi) is 56.4. The second-order valence-corrected chi connectivity index (χ2v) is 7.99. The third kappa shape index (κ3) is 47.7. The van der Waals surface area contributed by atoms with Crippen molar-refractivity contribution < 1.29 is 265 Å². The largest absolute Gasteiger partial charge is 1.00 e. The molecule has 0 saturated carbocycles. The van der Waals surface area contributed by atoms with Crippen molar-refractivity contribution in [3.63, 3.8) is 0 Å². The van der Waals surface area contributed by atoms with E-state index >= 15 is 0 Å². The van der Waals surface area contributed by atoms with Crippen LogP contribution >= 0.6 is 0 Å².